The Morgan fingerprint density at radius 2 is 1.95 bits per heavy atom. The minimum absolute atomic E-state index is 0.115. The quantitative estimate of drug-likeness (QED) is 0.277. The van der Waals surface area contributed by atoms with E-state index in [4.69, 9.17) is 9.15 Å². The SMILES string of the molecule is Cc1cc(-c2nc(CCOc3ccc4c(c3)CN(S(=O)(=O)Cc3ccccc3)C(c3nnn[nH]3)C4)co2)c(C)cn1. The molecule has 0 saturated carbocycles. The molecule has 0 amide bonds. The monoisotopic (exact) mass is 571 g/mol. The molecule has 0 fully saturated rings. The Morgan fingerprint density at radius 1 is 1.10 bits per heavy atom. The summed E-state index contributed by atoms with van der Waals surface area (Å²) in [4.78, 5) is 8.92. The molecule has 5 aromatic rings. The standard InChI is InChI=1S/C29H29N7O4S/c1-19-15-30-20(2)12-26(19)29-31-24(17-40-29)10-11-39-25-9-8-22-14-27(28-32-34-35-33-28)36(16-23(22)13-25)41(37,38)18-21-6-4-3-5-7-21/h3-9,12-13,15,17,27H,10-11,14,16,18H2,1-2H3,(H,32,33,34,35). The van der Waals surface area contributed by atoms with Gasteiger partial charge in [-0.1, -0.05) is 36.4 Å². The van der Waals surface area contributed by atoms with Gasteiger partial charge in [0.05, 0.1) is 24.1 Å². The second kappa shape index (κ2) is 11.2. The van der Waals surface area contributed by atoms with E-state index in [2.05, 4.69) is 30.6 Å². The second-order valence-electron chi connectivity index (χ2n) is 10.1. The Labute approximate surface area is 237 Å². The van der Waals surface area contributed by atoms with Crippen LogP contribution in [0.4, 0.5) is 0 Å². The number of aromatic nitrogens is 6. The van der Waals surface area contributed by atoms with E-state index in [1.165, 1.54) is 4.31 Å². The topological polar surface area (TPSA) is 140 Å². The predicted molar refractivity (Wildman–Crippen MR) is 150 cm³/mol. The molecular formula is C29H29N7O4S. The lowest BCUT2D eigenvalue weighted by molar-refractivity contribution is 0.282. The van der Waals surface area contributed by atoms with Gasteiger partial charge in [-0.15, -0.1) is 5.10 Å². The van der Waals surface area contributed by atoms with Crippen LogP contribution in [0.15, 0.2) is 71.5 Å². The van der Waals surface area contributed by atoms with E-state index in [9.17, 15) is 8.42 Å². The van der Waals surface area contributed by atoms with E-state index in [0.29, 0.717) is 36.9 Å². The third-order valence-electron chi connectivity index (χ3n) is 7.14. The van der Waals surface area contributed by atoms with Crippen LogP contribution in [0.1, 0.15) is 45.5 Å². The first-order chi connectivity index (χ1) is 19.9. The molecule has 1 unspecified atom stereocenters. The highest BCUT2D eigenvalue weighted by molar-refractivity contribution is 7.88. The number of aryl methyl sites for hydroxylation is 2. The zero-order chi connectivity index (χ0) is 28.4. The van der Waals surface area contributed by atoms with Crippen molar-refractivity contribution in [2.45, 2.75) is 45.0 Å². The number of ether oxygens (including phenoxy) is 1. The van der Waals surface area contributed by atoms with Gasteiger partial charge in [0.25, 0.3) is 0 Å². The molecule has 6 rings (SSSR count). The number of benzene rings is 2. The number of aromatic amines is 1. The first kappa shape index (κ1) is 26.8. The lowest BCUT2D eigenvalue weighted by Crippen LogP contribution is -2.40. The molecule has 12 heteroatoms. The maximum atomic E-state index is 13.6. The zero-order valence-electron chi connectivity index (χ0n) is 22.7. The Balaban J connectivity index is 1.17. The molecular weight excluding hydrogens is 542 g/mol. The summed E-state index contributed by atoms with van der Waals surface area (Å²) >= 11 is 0. The molecule has 0 aliphatic carbocycles. The number of tetrazole rings is 1. The fourth-order valence-corrected chi connectivity index (χ4v) is 6.68. The van der Waals surface area contributed by atoms with Crippen LogP contribution in [0.3, 0.4) is 0 Å². The van der Waals surface area contributed by atoms with Gasteiger partial charge < -0.3 is 9.15 Å². The Bertz CT molecular complexity index is 1760. The molecule has 11 nitrogen and oxygen atoms in total. The molecule has 1 atom stereocenters. The summed E-state index contributed by atoms with van der Waals surface area (Å²) in [6.45, 7) is 4.48. The van der Waals surface area contributed by atoms with Crippen molar-refractivity contribution in [2.75, 3.05) is 6.61 Å². The number of pyridine rings is 1. The molecule has 210 valence electrons. The van der Waals surface area contributed by atoms with E-state index < -0.39 is 16.1 Å². The molecule has 0 bridgehead atoms. The fraction of sp³-hybridized carbons (Fsp3) is 0.276. The van der Waals surface area contributed by atoms with Crippen LogP contribution < -0.4 is 4.74 Å². The number of fused-ring (bicyclic) bond motifs is 1. The average molecular weight is 572 g/mol. The third-order valence-corrected chi connectivity index (χ3v) is 8.94. The van der Waals surface area contributed by atoms with Crippen molar-refractivity contribution in [3.63, 3.8) is 0 Å². The Morgan fingerprint density at radius 3 is 2.76 bits per heavy atom. The zero-order valence-corrected chi connectivity index (χ0v) is 23.5. The highest BCUT2D eigenvalue weighted by Gasteiger charge is 2.37. The molecule has 0 spiro atoms. The molecule has 3 aromatic heterocycles. The van der Waals surface area contributed by atoms with E-state index in [1.807, 2.05) is 74.6 Å². The van der Waals surface area contributed by atoms with E-state index in [-0.39, 0.29) is 12.3 Å². The maximum Gasteiger partial charge on any atom is 0.226 e. The Kier molecular flexibility index (Phi) is 7.33. The van der Waals surface area contributed by atoms with Gasteiger partial charge in [-0.3, -0.25) is 4.98 Å². The van der Waals surface area contributed by atoms with Gasteiger partial charge in [-0.2, -0.15) is 4.31 Å². The average Bonchev–Trinajstić information content (AvgIpc) is 3.67. The van der Waals surface area contributed by atoms with Crippen LogP contribution in [0, 0.1) is 13.8 Å². The number of H-pyrrole nitrogens is 1. The Hall–Kier alpha value is -4.42. The normalized spacial score (nSPS) is 15.5. The van der Waals surface area contributed by atoms with E-state index in [1.54, 1.807) is 6.26 Å². The minimum atomic E-state index is -3.69. The van der Waals surface area contributed by atoms with Crippen molar-refractivity contribution in [1.82, 2.24) is 34.9 Å². The number of hydrogen-bond acceptors (Lipinski definition) is 9. The fourth-order valence-electron chi connectivity index (χ4n) is 5.00. The van der Waals surface area contributed by atoms with E-state index in [0.717, 1.165) is 39.2 Å². The maximum absolute atomic E-state index is 13.6. The number of oxazole rings is 1. The largest absolute Gasteiger partial charge is 0.493 e. The third kappa shape index (κ3) is 5.88. The summed E-state index contributed by atoms with van der Waals surface area (Å²) in [5.74, 6) is 1.52. The summed E-state index contributed by atoms with van der Waals surface area (Å²) < 4.78 is 40.5. The first-order valence-corrected chi connectivity index (χ1v) is 14.9. The van der Waals surface area contributed by atoms with Crippen molar-refractivity contribution < 1.29 is 17.6 Å². The smallest absolute Gasteiger partial charge is 0.226 e. The molecule has 1 aliphatic heterocycles. The van der Waals surface area contributed by atoms with Crippen molar-refractivity contribution in [3.8, 4) is 17.2 Å². The summed E-state index contributed by atoms with van der Waals surface area (Å²) in [6, 6.07) is 16.4. The van der Waals surface area contributed by atoms with Crippen LogP contribution in [-0.2, 0) is 35.2 Å². The lowest BCUT2D eigenvalue weighted by atomic mass is 9.95. The molecule has 2 aromatic carbocycles. The number of hydrogen-bond donors (Lipinski definition) is 1. The van der Waals surface area contributed by atoms with Crippen LogP contribution >= 0.6 is 0 Å². The van der Waals surface area contributed by atoms with Crippen molar-refractivity contribution >= 4 is 10.0 Å². The number of nitrogens with one attached hydrogen (secondary N) is 1. The number of sulfonamides is 1. The lowest BCUT2D eigenvalue weighted by Gasteiger charge is -2.34. The molecule has 0 radical (unpaired) electrons. The van der Waals surface area contributed by atoms with Crippen molar-refractivity contribution in [3.05, 3.63) is 107 Å². The number of nitrogens with zero attached hydrogens (tertiary/aromatic N) is 6. The second-order valence-corrected chi connectivity index (χ2v) is 12.0. The van der Waals surface area contributed by atoms with Crippen molar-refractivity contribution in [1.29, 1.82) is 0 Å². The predicted octanol–water partition coefficient (Wildman–Crippen LogP) is 4.12. The summed E-state index contributed by atoms with van der Waals surface area (Å²) in [5.41, 5.74) is 6.23. The highest BCUT2D eigenvalue weighted by atomic mass is 32.2. The molecule has 1 aliphatic rings. The molecule has 0 saturated heterocycles. The summed E-state index contributed by atoms with van der Waals surface area (Å²) in [6.07, 6.45) is 4.46. The highest BCUT2D eigenvalue weighted by Crippen LogP contribution is 2.36. The van der Waals surface area contributed by atoms with Gasteiger partial charge >= 0.3 is 0 Å². The van der Waals surface area contributed by atoms with E-state index >= 15 is 0 Å². The molecule has 41 heavy (non-hydrogen) atoms. The molecule has 4 heterocycles. The van der Waals surface area contributed by atoms with Gasteiger partial charge in [-0.25, -0.2) is 18.5 Å². The van der Waals surface area contributed by atoms with Crippen LogP contribution in [0.25, 0.3) is 11.5 Å². The van der Waals surface area contributed by atoms with Crippen molar-refractivity contribution in [2.24, 2.45) is 0 Å². The van der Waals surface area contributed by atoms with Gasteiger partial charge in [-0.05, 0) is 71.1 Å². The minimum Gasteiger partial charge on any atom is -0.493 e. The van der Waals surface area contributed by atoms with Gasteiger partial charge in [0.2, 0.25) is 15.9 Å². The van der Waals surface area contributed by atoms with Crippen LogP contribution in [0.2, 0.25) is 0 Å². The summed E-state index contributed by atoms with van der Waals surface area (Å²) in [7, 11) is -3.69. The number of rotatable bonds is 9. The van der Waals surface area contributed by atoms with Gasteiger partial charge in [0, 0.05) is 30.4 Å². The first-order valence-electron chi connectivity index (χ1n) is 13.3. The van der Waals surface area contributed by atoms with Crippen LogP contribution in [-0.4, -0.2) is 49.9 Å². The van der Waals surface area contributed by atoms with Gasteiger partial charge in [0.15, 0.2) is 5.82 Å². The van der Waals surface area contributed by atoms with Crippen LogP contribution in [0.5, 0.6) is 5.75 Å². The van der Waals surface area contributed by atoms with Gasteiger partial charge in [0.1, 0.15) is 12.0 Å². The molecule has 1 N–H and O–H groups in total. The summed E-state index contributed by atoms with van der Waals surface area (Å²) in [5, 5.41) is 14.1.